The summed E-state index contributed by atoms with van der Waals surface area (Å²) in [5.74, 6) is -1.20. The molecule has 2 unspecified atom stereocenters. The SMILES string of the molecule is COC(=O)CC(O)C(O)c1ccc(O)cc1O. The van der Waals surface area contributed by atoms with Crippen molar-refractivity contribution >= 4 is 5.97 Å². The van der Waals surface area contributed by atoms with E-state index in [-0.39, 0.29) is 17.1 Å². The van der Waals surface area contributed by atoms with Gasteiger partial charge in [0.1, 0.15) is 17.6 Å². The summed E-state index contributed by atoms with van der Waals surface area (Å²) in [6.45, 7) is 0. The Kier molecular flexibility index (Phi) is 4.30. The highest BCUT2D eigenvalue weighted by atomic mass is 16.5. The number of carbonyl (C=O) groups is 1. The third kappa shape index (κ3) is 3.33. The Bertz CT molecular complexity index is 403. The second-order valence-corrected chi connectivity index (χ2v) is 3.54. The van der Waals surface area contributed by atoms with Gasteiger partial charge in [-0.25, -0.2) is 0 Å². The third-order valence-electron chi connectivity index (χ3n) is 2.30. The molecule has 94 valence electrons. The topological polar surface area (TPSA) is 107 Å². The fourth-order valence-corrected chi connectivity index (χ4v) is 1.36. The number of aliphatic hydroxyl groups excluding tert-OH is 2. The quantitative estimate of drug-likeness (QED) is 0.556. The van der Waals surface area contributed by atoms with E-state index in [0.717, 1.165) is 6.07 Å². The van der Waals surface area contributed by atoms with Crippen molar-refractivity contribution in [1.82, 2.24) is 0 Å². The average molecular weight is 242 g/mol. The molecule has 17 heavy (non-hydrogen) atoms. The van der Waals surface area contributed by atoms with Crippen LogP contribution in [0.3, 0.4) is 0 Å². The van der Waals surface area contributed by atoms with Crippen LogP contribution >= 0.6 is 0 Å². The zero-order chi connectivity index (χ0) is 13.0. The number of phenolic OH excluding ortho intramolecular Hbond substituents is 2. The summed E-state index contributed by atoms with van der Waals surface area (Å²) < 4.78 is 4.34. The maximum absolute atomic E-state index is 10.9. The monoisotopic (exact) mass is 242 g/mol. The molecule has 0 saturated carbocycles. The standard InChI is InChI=1S/C11H14O6/c1-17-10(15)5-9(14)11(16)7-3-2-6(12)4-8(7)13/h2-4,9,11-14,16H,5H2,1H3. The maximum Gasteiger partial charge on any atom is 0.308 e. The number of hydrogen-bond donors (Lipinski definition) is 4. The van der Waals surface area contributed by atoms with Gasteiger partial charge in [0.15, 0.2) is 0 Å². The van der Waals surface area contributed by atoms with E-state index in [1.807, 2.05) is 0 Å². The molecule has 0 heterocycles. The fourth-order valence-electron chi connectivity index (χ4n) is 1.36. The van der Waals surface area contributed by atoms with Gasteiger partial charge in [-0.1, -0.05) is 0 Å². The normalized spacial score (nSPS) is 14.1. The van der Waals surface area contributed by atoms with Gasteiger partial charge in [0.2, 0.25) is 0 Å². The Morgan fingerprint density at radius 1 is 1.35 bits per heavy atom. The zero-order valence-electron chi connectivity index (χ0n) is 9.20. The molecule has 0 saturated heterocycles. The van der Waals surface area contributed by atoms with Gasteiger partial charge in [-0.2, -0.15) is 0 Å². The van der Waals surface area contributed by atoms with E-state index in [4.69, 9.17) is 5.11 Å². The lowest BCUT2D eigenvalue weighted by Gasteiger charge is -2.18. The van der Waals surface area contributed by atoms with E-state index in [9.17, 15) is 20.1 Å². The van der Waals surface area contributed by atoms with Crippen LogP contribution < -0.4 is 0 Å². The molecule has 1 aromatic rings. The molecule has 0 bridgehead atoms. The van der Waals surface area contributed by atoms with Gasteiger partial charge in [-0.15, -0.1) is 0 Å². The summed E-state index contributed by atoms with van der Waals surface area (Å²) in [7, 11) is 1.17. The van der Waals surface area contributed by atoms with Gasteiger partial charge in [-0.3, -0.25) is 4.79 Å². The van der Waals surface area contributed by atoms with Crippen LogP contribution in [0.2, 0.25) is 0 Å². The third-order valence-corrected chi connectivity index (χ3v) is 2.30. The number of aromatic hydroxyl groups is 2. The van der Waals surface area contributed by atoms with Gasteiger partial charge in [-0.05, 0) is 12.1 Å². The summed E-state index contributed by atoms with van der Waals surface area (Å²) in [6, 6.07) is 3.54. The second kappa shape index (κ2) is 5.51. The van der Waals surface area contributed by atoms with Crippen molar-refractivity contribution in [2.45, 2.75) is 18.6 Å². The number of benzene rings is 1. The van der Waals surface area contributed by atoms with Crippen LogP contribution in [0.25, 0.3) is 0 Å². The van der Waals surface area contributed by atoms with Crippen molar-refractivity contribution in [1.29, 1.82) is 0 Å². The Morgan fingerprint density at radius 3 is 2.53 bits per heavy atom. The van der Waals surface area contributed by atoms with E-state index in [0.29, 0.717) is 0 Å². The lowest BCUT2D eigenvalue weighted by molar-refractivity contribution is -0.144. The fraction of sp³-hybridized carbons (Fsp3) is 0.364. The van der Waals surface area contributed by atoms with E-state index < -0.39 is 24.6 Å². The van der Waals surface area contributed by atoms with Crippen molar-refractivity contribution in [3.8, 4) is 11.5 Å². The lowest BCUT2D eigenvalue weighted by atomic mass is 10.0. The minimum absolute atomic E-state index is 0.0270. The first kappa shape index (κ1) is 13.3. The number of rotatable bonds is 4. The van der Waals surface area contributed by atoms with Crippen LogP contribution in [0.4, 0.5) is 0 Å². The molecule has 1 aromatic carbocycles. The highest BCUT2D eigenvalue weighted by Crippen LogP contribution is 2.30. The summed E-state index contributed by atoms with van der Waals surface area (Å²) in [5, 5.41) is 37.8. The van der Waals surface area contributed by atoms with Crippen LogP contribution in [-0.4, -0.2) is 39.6 Å². The Morgan fingerprint density at radius 2 is 2.00 bits per heavy atom. The molecule has 2 atom stereocenters. The van der Waals surface area contributed by atoms with Gasteiger partial charge in [0.25, 0.3) is 0 Å². The molecule has 0 fully saturated rings. The lowest BCUT2D eigenvalue weighted by Crippen LogP contribution is -2.22. The molecule has 0 aliphatic rings. The van der Waals surface area contributed by atoms with Gasteiger partial charge < -0.3 is 25.2 Å². The van der Waals surface area contributed by atoms with E-state index in [1.165, 1.54) is 19.2 Å². The van der Waals surface area contributed by atoms with E-state index in [1.54, 1.807) is 0 Å². The van der Waals surface area contributed by atoms with Crippen molar-refractivity contribution in [3.63, 3.8) is 0 Å². The Hall–Kier alpha value is -1.79. The zero-order valence-corrected chi connectivity index (χ0v) is 9.20. The first-order valence-corrected chi connectivity index (χ1v) is 4.90. The van der Waals surface area contributed by atoms with Crippen molar-refractivity contribution in [2.24, 2.45) is 0 Å². The molecule has 4 N–H and O–H groups in total. The molecular weight excluding hydrogens is 228 g/mol. The number of carbonyl (C=O) groups excluding carboxylic acids is 1. The highest BCUT2D eigenvalue weighted by Gasteiger charge is 2.24. The van der Waals surface area contributed by atoms with Gasteiger partial charge in [0.05, 0.1) is 19.6 Å². The first-order chi connectivity index (χ1) is 7.95. The maximum atomic E-state index is 10.9. The summed E-state index contributed by atoms with van der Waals surface area (Å²) in [4.78, 5) is 10.9. The molecule has 6 heteroatoms. The predicted molar refractivity (Wildman–Crippen MR) is 57.4 cm³/mol. The molecule has 0 aliphatic heterocycles. The molecule has 0 aromatic heterocycles. The number of ether oxygens (including phenoxy) is 1. The highest BCUT2D eigenvalue weighted by molar-refractivity contribution is 5.69. The van der Waals surface area contributed by atoms with E-state index >= 15 is 0 Å². The molecular formula is C11H14O6. The smallest absolute Gasteiger partial charge is 0.308 e. The molecule has 0 aliphatic carbocycles. The minimum Gasteiger partial charge on any atom is -0.508 e. The molecule has 0 radical (unpaired) electrons. The minimum atomic E-state index is -1.44. The van der Waals surface area contributed by atoms with Crippen LogP contribution in [-0.2, 0) is 9.53 Å². The first-order valence-electron chi connectivity index (χ1n) is 4.90. The number of phenols is 2. The molecule has 6 nitrogen and oxygen atoms in total. The summed E-state index contributed by atoms with van der Waals surface area (Å²) in [6.07, 6.45) is -3.22. The average Bonchev–Trinajstić information content (AvgIpc) is 2.28. The second-order valence-electron chi connectivity index (χ2n) is 3.54. The number of hydrogen-bond acceptors (Lipinski definition) is 6. The predicted octanol–water partition coefficient (Wildman–Crippen LogP) is 0.0552. The number of aliphatic hydroxyl groups is 2. The Labute approximate surface area is 97.7 Å². The number of methoxy groups -OCH3 is 1. The van der Waals surface area contributed by atoms with Crippen molar-refractivity contribution in [2.75, 3.05) is 7.11 Å². The largest absolute Gasteiger partial charge is 0.508 e. The van der Waals surface area contributed by atoms with E-state index in [2.05, 4.69) is 4.74 Å². The van der Waals surface area contributed by atoms with Crippen LogP contribution in [0.15, 0.2) is 18.2 Å². The van der Waals surface area contributed by atoms with Crippen molar-refractivity contribution in [3.05, 3.63) is 23.8 Å². The molecule has 1 rings (SSSR count). The van der Waals surface area contributed by atoms with Crippen LogP contribution in [0.1, 0.15) is 18.1 Å². The number of esters is 1. The van der Waals surface area contributed by atoms with Crippen LogP contribution in [0.5, 0.6) is 11.5 Å². The van der Waals surface area contributed by atoms with Crippen LogP contribution in [0, 0.1) is 0 Å². The van der Waals surface area contributed by atoms with Gasteiger partial charge in [0, 0.05) is 11.6 Å². The molecule has 0 amide bonds. The Balaban J connectivity index is 2.81. The van der Waals surface area contributed by atoms with Gasteiger partial charge >= 0.3 is 5.97 Å². The summed E-state index contributed by atoms with van der Waals surface area (Å²) >= 11 is 0. The van der Waals surface area contributed by atoms with Crippen molar-refractivity contribution < 1.29 is 30.0 Å². The molecule has 0 spiro atoms. The summed E-state index contributed by atoms with van der Waals surface area (Å²) in [5.41, 5.74) is 0.0270.